The minimum absolute atomic E-state index is 0.0205. The first kappa shape index (κ1) is 18.8. The van der Waals surface area contributed by atoms with Crippen LogP contribution in [0, 0.1) is 0 Å². The number of hydrogen-bond donors (Lipinski definition) is 1. The summed E-state index contributed by atoms with van der Waals surface area (Å²) in [5, 5.41) is 11.3. The van der Waals surface area contributed by atoms with Crippen molar-refractivity contribution in [3.05, 3.63) is 76.6 Å². The molecule has 0 aliphatic heterocycles. The molecule has 0 atom stereocenters. The van der Waals surface area contributed by atoms with Gasteiger partial charge in [0.15, 0.2) is 5.16 Å². The fourth-order valence-electron chi connectivity index (χ4n) is 2.68. The van der Waals surface area contributed by atoms with Gasteiger partial charge in [0.25, 0.3) is 0 Å². The minimum atomic E-state index is -0.0205. The molecule has 3 rings (SSSR count). The maximum Gasteiger partial charge on any atom is 0.168 e. The van der Waals surface area contributed by atoms with Crippen LogP contribution in [-0.2, 0) is 25.3 Å². The van der Waals surface area contributed by atoms with Crippen molar-refractivity contribution >= 4 is 23.4 Å². The van der Waals surface area contributed by atoms with Crippen LogP contribution in [0.5, 0.6) is 5.75 Å². The Kier molecular flexibility index (Phi) is 6.61. The van der Waals surface area contributed by atoms with Crippen molar-refractivity contribution in [2.75, 3.05) is 7.11 Å². The molecule has 0 unspecified atom stereocenters. The van der Waals surface area contributed by atoms with Gasteiger partial charge in [0, 0.05) is 17.3 Å². The zero-order chi connectivity index (χ0) is 18.4. The molecule has 1 aromatic heterocycles. The quantitative estimate of drug-likeness (QED) is 0.574. The number of aryl methyl sites for hydroxylation is 1. The fourth-order valence-corrected chi connectivity index (χ4v) is 3.86. The number of hydrogen-bond acceptors (Lipinski definition) is 4. The van der Waals surface area contributed by atoms with Gasteiger partial charge in [0.1, 0.15) is 5.75 Å². The Morgan fingerprint density at radius 3 is 2.65 bits per heavy atom. The maximum atomic E-state index is 9.61. The number of imidazole rings is 1. The van der Waals surface area contributed by atoms with Gasteiger partial charge in [-0.3, -0.25) is 0 Å². The molecule has 1 heterocycles. The molecule has 4 nitrogen and oxygen atoms in total. The van der Waals surface area contributed by atoms with Crippen molar-refractivity contribution in [2.24, 2.45) is 0 Å². The molecule has 0 saturated carbocycles. The lowest BCUT2D eigenvalue weighted by molar-refractivity contribution is 0.269. The second-order valence-corrected chi connectivity index (χ2v) is 7.24. The second kappa shape index (κ2) is 9.12. The van der Waals surface area contributed by atoms with Crippen LogP contribution in [0.2, 0.25) is 5.02 Å². The van der Waals surface area contributed by atoms with E-state index in [-0.39, 0.29) is 6.61 Å². The summed E-state index contributed by atoms with van der Waals surface area (Å²) in [4.78, 5) is 4.48. The lowest BCUT2D eigenvalue weighted by atomic mass is 10.1. The summed E-state index contributed by atoms with van der Waals surface area (Å²) >= 11 is 7.70. The van der Waals surface area contributed by atoms with Crippen molar-refractivity contribution < 1.29 is 9.84 Å². The Hall–Kier alpha value is -1.95. The Labute approximate surface area is 162 Å². The van der Waals surface area contributed by atoms with Gasteiger partial charge < -0.3 is 14.4 Å². The minimum Gasteiger partial charge on any atom is -0.497 e. The third kappa shape index (κ3) is 4.81. The Balaban J connectivity index is 1.68. The topological polar surface area (TPSA) is 47.3 Å². The summed E-state index contributed by atoms with van der Waals surface area (Å²) in [5.74, 6) is 1.63. The van der Waals surface area contributed by atoms with Gasteiger partial charge in [0.2, 0.25) is 0 Å². The van der Waals surface area contributed by atoms with Crippen molar-refractivity contribution in [1.82, 2.24) is 9.55 Å². The van der Waals surface area contributed by atoms with Crippen molar-refractivity contribution in [1.29, 1.82) is 0 Å². The highest BCUT2D eigenvalue weighted by Crippen LogP contribution is 2.25. The van der Waals surface area contributed by atoms with E-state index in [1.807, 2.05) is 30.3 Å². The highest BCUT2D eigenvalue weighted by Gasteiger charge is 2.10. The van der Waals surface area contributed by atoms with Crippen LogP contribution in [0.3, 0.4) is 0 Å². The predicted molar refractivity (Wildman–Crippen MR) is 106 cm³/mol. The summed E-state index contributed by atoms with van der Waals surface area (Å²) in [6.07, 6.45) is 2.60. The lowest BCUT2D eigenvalue weighted by Gasteiger charge is -2.11. The molecule has 1 N–H and O–H groups in total. The van der Waals surface area contributed by atoms with E-state index in [0.717, 1.165) is 45.9 Å². The van der Waals surface area contributed by atoms with Crippen molar-refractivity contribution in [2.45, 2.75) is 30.5 Å². The summed E-state index contributed by atoms with van der Waals surface area (Å²) in [5.41, 5.74) is 3.19. The number of halogens is 1. The molecule has 0 radical (unpaired) electrons. The average molecular weight is 389 g/mol. The molecule has 0 bridgehead atoms. The van der Waals surface area contributed by atoms with Crippen LogP contribution < -0.4 is 4.74 Å². The molecule has 0 aliphatic rings. The van der Waals surface area contributed by atoms with Gasteiger partial charge in [0.05, 0.1) is 25.6 Å². The van der Waals surface area contributed by atoms with Crippen molar-refractivity contribution in [3.63, 3.8) is 0 Å². The monoisotopic (exact) mass is 388 g/mol. The number of methoxy groups -OCH3 is 1. The van der Waals surface area contributed by atoms with Crippen LogP contribution in [0.15, 0.2) is 59.9 Å². The van der Waals surface area contributed by atoms with Gasteiger partial charge in [-0.25, -0.2) is 4.98 Å². The summed E-state index contributed by atoms with van der Waals surface area (Å²) in [7, 11) is 1.66. The summed E-state index contributed by atoms with van der Waals surface area (Å²) in [6, 6.07) is 15.9. The predicted octanol–water partition coefficient (Wildman–Crippen LogP) is 4.57. The van der Waals surface area contributed by atoms with E-state index < -0.39 is 0 Å². The number of thioether (sulfide) groups is 1. The zero-order valence-electron chi connectivity index (χ0n) is 14.6. The standard InChI is InChI=1S/C20H21ClN2O2S/c1-25-19-7-5-15(6-8-19)9-10-23-18(13-24)12-22-20(23)26-14-16-3-2-4-17(21)11-16/h2-8,11-12,24H,9-10,13-14H2,1H3. The van der Waals surface area contributed by atoms with E-state index in [4.69, 9.17) is 16.3 Å². The molecule has 0 amide bonds. The van der Waals surface area contributed by atoms with E-state index in [1.54, 1.807) is 25.1 Å². The molecule has 3 aromatic rings. The average Bonchev–Trinajstić information content (AvgIpc) is 3.07. The molecule has 0 spiro atoms. The number of benzene rings is 2. The third-order valence-electron chi connectivity index (χ3n) is 4.10. The van der Waals surface area contributed by atoms with Crippen LogP contribution in [-0.4, -0.2) is 21.8 Å². The van der Waals surface area contributed by atoms with E-state index in [0.29, 0.717) is 0 Å². The normalized spacial score (nSPS) is 10.9. The number of ether oxygens (including phenoxy) is 1. The molecule has 0 saturated heterocycles. The van der Waals surface area contributed by atoms with Gasteiger partial charge in [-0.1, -0.05) is 47.6 Å². The third-order valence-corrected chi connectivity index (χ3v) is 5.40. The largest absolute Gasteiger partial charge is 0.497 e. The number of rotatable bonds is 8. The first-order chi connectivity index (χ1) is 12.7. The molecule has 136 valence electrons. The maximum absolute atomic E-state index is 9.61. The van der Waals surface area contributed by atoms with Gasteiger partial charge in [-0.05, 0) is 41.8 Å². The van der Waals surface area contributed by atoms with Crippen molar-refractivity contribution in [3.8, 4) is 5.75 Å². The molecular formula is C20H21ClN2O2S. The highest BCUT2D eigenvalue weighted by molar-refractivity contribution is 7.98. The number of aromatic nitrogens is 2. The molecule has 0 fully saturated rings. The van der Waals surface area contributed by atoms with Gasteiger partial charge in [-0.2, -0.15) is 0 Å². The Morgan fingerprint density at radius 2 is 1.96 bits per heavy atom. The van der Waals surface area contributed by atoms with Crippen LogP contribution in [0.1, 0.15) is 16.8 Å². The number of aliphatic hydroxyl groups is 1. The van der Waals surface area contributed by atoms with Gasteiger partial charge in [-0.15, -0.1) is 0 Å². The van der Waals surface area contributed by atoms with E-state index >= 15 is 0 Å². The van der Waals surface area contributed by atoms with Crippen LogP contribution >= 0.6 is 23.4 Å². The summed E-state index contributed by atoms with van der Waals surface area (Å²) in [6.45, 7) is 0.743. The Morgan fingerprint density at radius 1 is 1.15 bits per heavy atom. The molecule has 2 aromatic carbocycles. The number of nitrogens with zero attached hydrogens (tertiary/aromatic N) is 2. The Bertz CT molecular complexity index is 849. The van der Waals surface area contributed by atoms with Crippen LogP contribution in [0.25, 0.3) is 0 Å². The molecular weight excluding hydrogens is 368 g/mol. The number of aliphatic hydroxyl groups excluding tert-OH is 1. The molecule has 0 aliphatic carbocycles. The molecule has 26 heavy (non-hydrogen) atoms. The second-order valence-electron chi connectivity index (χ2n) is 5.86. The van der Waals surface area contributed by atoms with Gasteiger partial charge >= 0.3 is 0 Å². The zero-order valence-corrected chi connectivity index (χ0v) is 16.1. The smallest absolute Gasteiger partial charge is 0.168 e. The SMILES string of the molecule is COc1ccc(CCn2c(CO)cnc2SCc2cccc(Cl)c2)cc1. The fraction of sp³-hybridized carbons (Fsp3) is 0.250. The van der Waals surface area contributed by atoms with E-state index in [2.05, 4.69) is 27.8 Å². The van der Waals surface area contributed by atoms with Crippen LogP contribution in [0.4, 0.5) is 0 Å². The summed E-state index contributed by atoms with van der Waals surface area (Å²) < 4.78 is 7.28. The first-order valence-electron chi connectivity index (χ1n) is 8.35. The van der Waals surface area contributed by atoms with E-state index in [9.17, 15) is 5.11 Å². The lowest BCUT2D eigenvalue weighted by Crippen LogP contribution is -2.07. The first-order valence-corrected chi connectivity index (χ1v) is 9.71. The van der Waals surface area contributed by atoms with E-state index in [1.165, 1.54) is 5.56 Å². The highest BCUT2D eigenvalue weighted by atomic mass is 35.5. The molecule has 6 heteroatoms.